The first-order chi connectivity index (χ1) is 8.75. The van der Waals surface area contributed by atoms with Gasteiger partial charge >= 0.3 is 0 Å². The molecule has 0 unspecified atom stereocenters. The normalized spacial score (nSPS) is 10.7. The van der Waals surface area contributed by atoms with Crippen LogP contribution in [0.1, 0.15) is 0 Å². The summed E-state index contributed by atoms with van der Waals surface area (Å²) >= 11 is 0. The highest BCUT2D eigenvalue weighted by atomic mass is 16.1. The quantitative estimate of drug-likeness (QED) is 0.658. The van der Waals surface area contributed by atoms with Crippen LogP contribution in [0.25, 0.3) is 16.6 Å². The molecule has 1 aromatic heterocycles. The highest BCUT2D eigenvalue weighted by Crippen LogP contribution is 2.12. The molecule has 2 aromatic carbocycles. The monoisotopic (exact) mass is 237 g/mol. The number of fused-ring (bicyclic) bond motifs is 1. The van der Waals surface area contributed by atoms with Crippen molar-refractivity contribution in [3.8, 4) is 5.69 Å². The molecule has 0 aliphatic carbocycles. The Bertz CT molecular complexity index is 763. The second-order valence-electron chi connectivity index (χ2n) is 4.03. The number of anilines is 1. The highest BCUT2D eigenvalue weighted by Gasteiger charge is 2.05. The van der Waals surface area contributed by atoms with Crippen LogP contribution in [0.5, 0.6) is 0 Å². The lowest BCUT2D eigenvalue weighted by Crippen LogP contribution is -2.18. The van der Waals surface area contributed by atoms with Gasteiger partial charge in [0.2, 0.25) is 0 Å². The second-order valence-corrected chi connectivity index (χ2v) is 4.03. The molecule has 88 valence electrons. The number of nitrogens with two attached hydrogens (primary N) is 1. The van der Waals surface area contributed by atoms with Crippen molar-refractivity contribution in [1.82, 2.24) is 9.55 Å². The van der Waals surface area contributed by atoms with Crippen molar-refractivity contribution in [2.45, 2.75) is 0 Å². The third-order valence-electron chi connectivity index (χ3n) is 2.82. The molecular formula is C14H11N3O. The smallest absolute Gasteiger partial charge is 0.265 e. The molecule has 4 heteroatoms. The number of aromatic nitrogens is 2. The molecule has 1 heterocycles. The largest absolute Gasteiger partial charge is 0.399 e. The van der Waals surface area contributed by atoms with Gasteiger partial charge in [-0.25, -0.2) is 4.98 Å². The first-order valence-corrected chi connectivity index (χ1v) is 5.58. The zero-order valence-electron chi connectivity index (χ0n) is 9.58. The molecule has 4 nitrogen and oxygen atoms in total. The Morgan fingerprint density at radius 1 is 1.06 bits per heavy atom. The molecule has 2 N–H and O–H groups in total. The molecule has 0 fully saturated rings. The summed E-state index contributed by atoms with van der Waals surface area (Å²) in [5.41, 5.74) is 7.60. The topological polar surface area (TPSA) is 60.9 Å². The fraction of sp³-hybridized carbons (Fsp3) is 0. The van der Waals surface area contributed by atoms with Crippen molar-refractivity contribution in [1.29, 1.82) is 0 Å². The average Bonchev–Trinajstić information content (AvgIpc) is 2.40. The van der Waals surface area contributed by atoms with Crippen molar-refractivity contribution in [2.75, 3.05) is 5.73 Å². The van der Waals surface area contributed by atoms with Gasteiger partial charge in [-0.1, -0.05) is 18.2 Å². The first-order valence-electron chi connectivity index (χ1n) is 5.58. The van der Waals surface area contributed by atoms with E-state index in [4.69, 9.17) is 5.73 Å². The minimum absolute atomic E-state index is 0.0915. The Morgan fingerprint density at radius 2 is 1.83 bits per heavy atom. The van der Waals surface area contributed by atoms with Crippen molar-refractivity contribution < 1.29 is 0 Å². The highest BCUT2D eigenvalue weighted by molar-refractivity contribution is 5.80. The predicted octanol–water partition coefficient (Wildman–Crippen LogP) is 1.97. The lowest BCUT2D eigenvalue weighted by atomic mass is 10.2. The summed E-state index contributed by atoms with van der Waals surface area (Å²) in [5, 5.41) is 0.565. The average molecular weight is 237 g/mol. The zero-order chi connectivity index (χ0) is 12.5. The lowest BCUT2D eigenvalue weighted by Gasteiger charge is -2.06. The number of para-hydroxylation sites is 1. The number of rotatable bonds is 1. The maximum absolute atomic E-state index is 12.3. The van der Waals surface area contributed by atoms with E-state index < -0.39 is 0 Å². The molecule has 0 atom stereocenters. The Labute approximate surface area is 103 Å². The van der Waals surface area contributed by atoms with Crippen LogP contribution < -0.4 is 11.3 Å². The van der Waals surface area contributed by atoms with E-state index in [9.17, 15) is 4.79 Å². The van der Waals surface area contributed by atoms with Gasteiger partial charge < -0.3 is 5.73 Å². The maximum atomic E-state index is 12.3. The van der Waals surface area contributed by atoms with Gasteiger partial charge in [-0.15, -0.1) is 0 Å². The molecule has 0 bridgehead atoms. The summed E-state index contributed by atoms with van der Waals surface area (Å²) in [4.78, 5) is 16.6. The number of nitrogen functional groups attached to an aromatic ring is 1. The molecule has 3 aromatic rings. The van der Waals surface area contributed by atoms with Crippen LogP contribution in [0.2, 0.25) is 0 Å². The third kappa shape index (κ3) is 1.64. The van der Waals surface area contributed by atoms with Crippen LogP contribution in [0.3, 0.4) is 0 Å². The van der Waals surface area contributed by atoms with E-state index in [1.54, 1.807) is 18.2 Å². The lowest BCUT2D eigenvalue weighted by molar-refractivity contribution is 0.963. The van der Waals surface area contributed by atoms with Crippen molar-refractivity contribution >= 4 is 16.6 Å². The fourth-order valence-electron chi connectivity index (χ4n) is 1.91. The van der Waals surface area contributed by atoms with E-state index in [1.165, 1.54) is 10.9 Å². The second kappa shape index (κ2) is 4.00. The molecule has 0 aliphatic heterocycles. The van der Waals surface area contributed by atoms with E-state index >= 15 is 0 Å². The molecule has 0 spiro atoms. The summed E-state index contributed by atoms with van der Waals surface area (Å²) in [5.74, 6) is 0. The summed E-state index contributed by atoms with van der Waals surface area (Å²) in [6, 6.07) is 14.5. The van der Waals surface area contributed by atoms with Crippen LogP contribution in [-0.4, -0.2) is 9.55 Å². The van der Waals surface area contributed by atoms with Crippen LogP contribution in [-0.2, 0) is 0 Å². The molecule has 0 amide bonds. The maximum Gasteiger partial charge on any atom is 0.265 e. The van der Waals surface area contributed by atoms with E-state index in [1.807, 2.05) is 30.3 Å². The van der Waals surface area contributed by atoms with Gasteiger partial charge in [0.05, 0.1) is 16.6 Å². The third-order valence-corrected chi connectivity index (χ3v) is 2.82. The Morgan fingerprint density at radius 3 is 2.61 bits per heavy atom. The molecule has 18 heavy (non-hydrogen) atoms. The Balaban J connectivity index is 2.31. The van der Waals surface area contributed by atoms with Gasteiger partial charge in [-0.2, -0.15) is 0 Å². The van der Waals surface area contributed by atoms with E-state index in [2.05, 4.69) is 4.98 Å². The number of hydrogen-bond donors (Lipinski definition) is 1. The summed E-state index contributed by atoms with van der Waals surface area (Å²) in [7, 11) is 0. The van der Waals surface area contributed by atoms with E-state index in [-0.39, 0.29) is 5.56 Å². The molecule has 0 saturated heterocycles. The van der Waals surface area contributed by atoms with Gasteiger partial charge in [-0.3, -0.25) is 9.36 Å². The van der Waals surface area contributed by atoms with Gasteiger partial charge in [0, 0.05) is 5.69 Å². The molecule has 0 aliphatic rings. The van der Waals surface area contributed by atoms with Crippen LogP contribution in [0, 0.1) is 0 Å². The van der Waals surface area contributed by atoms with Gasteiger partial charge in [0.15, 0.2) is 0 Å². The zero-order valence-corrected chi connectivity index (χ0v) is 9.58. The Hall–Kier alpha value is -2.62. The first kappa shape index (κ1) is 10.5. The van der Waals surface area contributed by atoms with Crippen LogP contribution in [0.4, 0.5) is 5.69 Å². The molecule has 0 saturated carbocycles. The van der Waals surface area contributed by atoms with Crippen molar-refractivity contribution in [3.63, 3.8) is 0 Å². The minimum Gasteiger partial charge on any atom is -0.399 e. The molecular weight excluding hydrogens is 226 g/mol. The van der Waals surface area contributed by atoms with E-state index in [0.717, 1.165) is 5.69 Å². The van der Waals surface area contributed by atoms with Crippen LogP contribution >= 0.6 is 0 Å². The SMILES string of the molecule is Nc1ccc2c(=O)n(-c3ccccc3)cnc2c1. The predicted molar refractivity (Wildman–Crippen MR) is 71.8 cm³/mol. The fourth-order valence-corrected chi connectivity index (χ4v) is 1.91. The summed E-state index contributed by atoms with van der Waals surface area (Å²) in [6.07, 6.45) is 1.53. The van der Waals surface area contributed by atoms with E-state index in [0.29, 0.717) is 16.6 Å². The molecule has 3 rings (SSSR count). The van der Waals surface area contributed by atoms with Gasteiger partial charge in [-0.05, 0) is 30.3 Å². The number of hydrogen-bond acceptors (Lipinski definition) is 3. The summed E-state index contributed by atoms with van der Waals surface area (Å²) < 4.78 is 1.53. The molecule has 0 radical (unpaired) electrons. The van der Waals surface area contributed by atoms with Crippen molar-refractivity contribution in [3.05, 3.63) is 65.2 Å². The van der Waals surface area contributed by atoms with Gasteiger partial charge in [0.25, 0.3) is 5.56 Å². The standard InChI is InChI=1S/C14H11N3O/c15-10-6-7-12-13(8-10)16-9-17(14(12)18)11-4-2-1-3-5-11/h1-9H,15H2. The van der Waals surface area contributed by atoms with Crippen LogP contribution in [0.15, 0.2) is 59.7 Å². The van der Waals surface area contributed by atoms with Crippen molar-refractivity contribution in [2.24, 2.45) is 0 Å². The number of nitrogens with zero attached hydrogens (tertiary/aromatic N) is 2. The summed E-state index contributed by atoms with van der Waals surface area (Å²) in [6.45, 7) is 0. The number of benzene rings is 2. The minimum atomic E-state index is -0.0915. The Kier molecular flexibility index (Phi) is 2.34. The van der Waals surface area contributed by atoms with Gasteiger partial charge in [0.1, 0.15) is 6.33 Å².